The molecule has 1 aromatic heterocycles. The molecule has 94 valence electrons. The van der Waals surface area contributed by atoms with Crippen LogP contribution in [0.4, 0.5) is 11.4 Å². The first-order chi connectivity index (χ1) is 8.61. The Hall–Kier alpha value is -1.71. The van der Waals surface area contributed by atoms with Gasteiger partial charge in [0.05, 0.1) is 9.82 Å². The molecule has 9 heteroatoms. The van der Waals surface area contributed by atoms with E-state index < -0.39 is 4.92 Å². The molecule has 0 saturated carbocycles. The molecule has 7 nitrogen and oxygen atoms in total. The topological polar surface area (TPSA) is 107 Å². The molecule has 0 bridgehead atoms. The zero-order valence-electron chi connectivity index (χ0n) is 9.28. The number of hydrogen-bond acceptors (Lipinski definition) is 8. The van der Waals surface area contributed by atoms with Crippen molar-refractivity contribution in [1.82, 2.24) is 10.2 Å². The number of para-hydroxylation sites is 1. The van der Waals surface area contributed by atoms with Crippen molar-refractivity contribution in [3.8, 4) is 0 Å². The summed E-state index contributed by atoms with van der Waals surface area (Å²) >= 11 is 2.58. The molecule has 0 radical (unpaired) electrons. The first kappa shape index (κ1) is 12.7. The zero-order chi connectivity index (χ0) is 13.1. The van der Waals surface area contributed by atoms with Crippen LogP contribution in [0.1, 0.15) is 5.01 Å². The summed E-state index contributed by atoms with van der Waals surface area (Å²) in [6.07, 6.45) is 0. The van der Waals surface area contributed by atoms with Crippen molar-refractivity contribution < 1.29 is 4.92 Å². The number of hydrogen-bond donors (Lipinski definition) is 2. The number of benzene rings is 1. The monoisotopic (exact) mass is 283 g/mol. The first-order valence-corrected chi connectivity index (χ1v) is 6.47. The predicted molar refractivity (Wildman–Crippen MR) is 69.7 cm³/mol. The standard InChI is InChI=1S/C9H9N5O2S2/c1-5-12-13-9(17-5)18-7-4-2-3-6(11-10)8(7)14(15)16/h2-4,11H,10H2,1H3. The van der Waals surface area contributed by atoms with E-state index in [0.717, 1.165) is 5.01 Å². The van der Waals surface area contributed by atoms with Crippen LogP contribution < -0.4 is 11.3 Å². The lowest BCUT2D eigenvalue weighted by molar-refractivity contribution is -0.386. The highest BCUT2D eigenvalue weighted by Crippen LogP contribution is 2.39. The second-order valence-corrected chi connectivity index (χ2v) is 5.71. The molecule has 1 heterocycles. The van der Waals surface area contributed by atoms with E-state index in [0.29, 0.717) is 9.24 Å². The summed E-state index contributed by atoms with van der Waals surface area (Å²) in [5.74, 6) is 5.27. The number of nitrogens with two attached hydrogens (primary N) is 1. The van der Waals surface area contributed by atoms with Crippen LogP contribution in [0.25, 0.3) is 0 Å². The van der Waals surface area contributed by atoms with Crippen LogP contribution >= 0.6 is 23.1 Å². The van der Waals surface area contributed by atoms with Crippen molar-refractivity contribution in [3.05, 3.63) is 33.3 Å². The summed E-state index contributed by atoms with van der Waals surface area (Å²) in [5, 5.41) is 19.7. The van der Waals surface area contributed by atoms with Crippen LogP contribution in [0.5, 0.6) is 0 Å². The van der Waals surface area contributed by atoms with Crippen molar-refractivity contribution in [2.75, 3.05) is 5.43 Å². The molecule has 0 fully saturated rings. The van der Waals surface area contributed by atoms with Gasteiger partial charge in [-0.15, -0.1) is 10.2 Å². The summed E-state index contributed by atoms with van der Waals surface area (Å²) in [6, 6.07) is 4.90. The molecule has 0 atom stereocenters. The third kappa shape index (κ3) is 2.58. The fraction of sp³-hybridized carbons (Fsp3) is 0.111. The smallest absolute Gasteiger partial charge is 0.307 e. The Bertz CT molecular complexity index is 586. The Balaban J connectivity index is 2.41. The molecule has 2 aromatic rings. The molecule has 0 aliphatic carbocycles. The fourth-order valence-corrected chi connectivity index (χ4v) is 3.23. The maximum Gasteiger partial charge on any atom is 0.307 e. The fourth-order valence-electron chi connectivity index (χ4n) is 1.32. The van der Waals surface area contributed by atoms with E-state index in [-0.39, 0.29) is 11.4 Å². The number of nitrogens with one attached hydrogen (secondary N) is 1. The SMILES string of the molecule is Cc1nnc(Sc2cccc(NN)c2[N+](=O)[O-])s1. The maximum absolute atomic E-state index is 11.1. The van der Waals surface area contributed by atoms with Crippen LogP contribution in [0.15, 0.2) is 27.4 Å². The van der Waals surface area contributed by atoms with Gasteiger partial charge in [-0.3, -0.25) is 16.0 Å². The lowest BCUT2D eigenvalue weighted by Crippen LogP contribution is -2.09. The van der Waals surface area contributed by atoms with Crippen molar-refractivity contribution in [1.29, 1.82) is 0 Å². The largest absolute Gasteiger partial charge is 0.318 e. The van der Waals surface area contributed by atoms with E-state index in [1.807, 2.05) is 6.92 Å². The minimum absolute atomic E-state index is 0.0575. The molecule has 2 rings (SSSR count). The van der Waals surface area contributed by atoms with Gasteiger partial charge in [0, 0.05) is 0 Å². The number of nitrogen functional groups attached to an aromatic ring is 1. The highest BCUT2D eigenvalue weighted by molar-refractivity contribution is 8.01. The lowest BCUT2D eigenvalue weighted by atomic mass is 10.3. The van der Waals surface area contributed by atoms with Crippen molar-refractivity contribution in [2.45, 2.75) is 16.2 Å². The number of hydrazine groups is 1. The molecular weight excluding hydrogens is 274 g/mol. The van der Waals surface area contributed by atoms with Gasteiger partial charge in [-0.25, -0.2) is 0 Å². The van der Waals surface area contributed by atoms with Gasteiger partial charge in [0.2, 0.25) is 0 Å². The number of nitrogens with zero attached hydrogens (tertiary/aromatic N) is 3. The minimum Gasteiger partial charge on any atom is -0.318 e. The Morgan fingerprint density at radius 2 is 2.28 bits per heavy atom. The molecule has 0 aliphatic rings. The third-order valence-electron chi connectivity index (χ3n) is 2.04. The van der Waals surface area contributed by atoms with Gasteiger partial charge >= 0.3 is 5.69 Å². The quantitative estimate of drug-likeness (QED) is 0.503. The molecule has 1 aromatic carbocycles. The molecule has 0 spiro atoms. The van der Waals surface area contributed by atoms with Gasteiger partial charge in [0.15, 0.2) is 4.34 Å². The summed E-state index contributed by atoms with van der Waals surface area (Å²) in [6.45, 7) is 1.83. The molecule has 18 heavy (non-hydrogen) atoms. The number of rotatable bonds is 4. The van der Waals surface area contributed by atoms with Crippen LogP contribution in [0, 0.1) is 17.0 Å². The van der Waals surface area contributed by atoms with Crippen molar-refractivity contribution >= 4 is 34.5 Å². The number of nitro groups is 1. The van der Waals surface area contributed by atoms with E-state index in [2.05, 4.69) is 15.6 Å². The highest BCUT2D eigenvalue weighted by atomic mass is 32.2. The van der Waals surface area contributed by atoms with Crippen molar-refractivity contribution in [3.63, 3.8) is 0 Å². The predicted octanol–water partition coefficient (Wildman–Crippen LogP) is 2.19. The maximum atomic E-state index is 11.1. The van der Waals surface area contributed by atoms with Gasteiger partial charge < -0.3 is 5.43 Å². The molecule has 3 N–H and O–H groups in total. The number of aryl methyl sites for hydroxylation is 1. The number of aromatic nitrogens is 2. The summed E-state index contributed by atoms with van der Waals surface area (Å²) in [4.78, 5) is 11.1. The summed E-state index contributed by atoms with van der Waals surface area (Å²) < 4.78 is 0.657. The molecular formula is C9H9N5O2S2. The van der Waals surface area contributed by atoms with Crippen LogP contribution in [0.2, 0.25) is 0 Å². The second-order valence-electron chi connectivity index (χ2n) is 3.24. The summed E-state index contributed by atoms with van der Waals surface area (Å²) in [7, 11) is 0. The lowest BCUT2D eigenvalue weighted by Gasteiger charge is -2.05. The Morgan fingerprint density at radius 1 is 1.50 bits per heavy atom. The van der Waals surface area contributed by atoms with Crippen molar-refractivity contribution in [2.24, 2.45) is 5.84 Å². The van der Waals surface area contributed by atoms with Crippen LogP contribution in [-0.2, 0) is 0 Å². The average molecular weight is 283 g/mol. The molecule has 0 amide bonds. The highest BCUT2D eigenvalue weighted by Gasteiger charge is 2.20. The average Bonchev–Trinajstić information content (AvgIpc) is 2.74. The summed E-state index contributed by atoms with van der Waals surface area (Å²) in [5.41, 5.74) is 2.53. The van der Waals surface area contributed by atoms with E-state index >= 15 is 0 Å². The van der Waals surface area contributed by atoms with Gasteiger partial charge in [-0.05, 0) is 30.8 Å². The minimum atomic E-state index is -0.467. The Labute approximate surface area is 111 Å². The van der Waals surface area contributed by atoms with Crippen LogP contribution in [0.3, 0.4) is 0 Å². The second kappa shape index (κ2) is 5.29. The molecule has 0 saturated heterocycles. The van der Waals surface area contributed by atoms with E-state index in [9.17, 15) is 10.1 Å². The number of anilines is 1. The Kier molecular flexibility index (Phi) is 3.75. The number of nitro benzene ring substituents is 1. The van der Waals surface area contributed by atoms with Gasteiger partial charge in [-0.2, -0.15) is 0 Å². The van der Waals surface area contributed by atoms with E-state index in [1.165, 1.54) is 23.1 Å². The molecule has 0 aliphatic heterocycles. The van der Waals surface area contributed by atoms with Gasteiger partial charge in [0.25, 0.3) is 0 Å². The molecule has 0 unspecified atom stereocenters. The van der Waals surface area contributed by atoms with Gasteiger partial charge in [0.1, 0.15) is 10.7 Å². The Morgan fingerprint density at radius 3 is 2.83 bits per heavy atom. The van der Waals surface area contributed by atoms with Gasteiger partial charge in [-0.1, -0.05) is 17.4 Å². The normalized spacial score (nSPS) is 10.3. The van der Waals surface area contributed by atoms with Crippen LogP contribution in [-0.4, -0.2) is 15.1 Å². The zero-order valence-corrected chi connectivity index (χ0v) is 10.9. The van der Waals surface area contributed by atoms with E-state index in [4.69, 9.17) is 5.84 Å². The third-order valence-corrected chi connectivity index (χ3v) is 3.98. The van der Waals surface area contributed by atoms with E-state index in [1.54, 1.807) is 18.2 Å². The first-order valence-electron chi connectivity index (χ1n) is 4.84.